The molecule has 0 amide bonds. The number of nitrogens with zero attached hydrogens (tertiary/aromatic N) is 3. The number of aryl methyl sites for hydroxylation is 1. The van der Waals surface area contributed by atoms with Crippen LogP contribution in [-0.4, -0.2) is 26.5 Å². The normalized spacial score (nSPS) is 11.4. The van der Waals surface area contributed by atoms with Gasteiger partial charge in [0, 0.05) is 23.0 Å². The third-order valence-electron chi connectivity index (χ3n) is 2.46. The lowest BCUT2D eigenvalue weighted by molar-refractivity contribution is 0.0514. The highest BCUT2D eigenvalue weighted by Crippen LogP contribution is 2.26. The predicted molar refractivity (Wildman–Crippen MR) is 76.8 cm³/mol. The van der Waals surface area contributed by atoms with Crippen molar-refractivity contribution in [2.75, 3.05) is 0 Å². The van der Waals surface area contributed by atoms with Crippen molar-refractivity contribution in [1.29, 1.82) is 0 Å². The van der Waals surface area contributed by atoms with Crippen LogP contribution >= 0.6 is 11.6 Å². The molecule has 0 radical (unpaired) electrons. The molecule has 106 valence electrons. The van der Waals surface area contributed by atoms with Crippen molar-refractivity contribution in [2.24, 2.45) is 0 Å². The maximum absolute atomic E-state index is 11.9. The average Bonchev–Trinajstić information content (AvgIpc) is 2.75. The van der Waals surface area contributed by atoms with Gasteiger partial charge in [0.25, 0.3) is 0 Å². The highest BCUT2D eigenvalue weighted by atomic mass is 35.5. The summed E-state index contributed by atoms with van der Waals surface area (Å²) < 4.78 is 6.38. The summed E-state index contributed by atoms with van der Waals surface area (Å²) in [6, 6.07) is 3.70. The molecule has 2 aromatic rings. The highest BCUT2D eigenvalue weighted by Gasteiger charge is 2.19. The van der Waals surface area contributed by atoms with Gasteiger partial charge in [-0.2, -0.15) is 9.78 Å². The first-order valence-corrected chi connectivity index (χ1v) is 6.55. The van der Waals surface area contributed by atoms with E-state index in [2.05, 4.69) is 10.1 Å². The van der Waals surface area contributed by atoms with Gasteiger partial charge < -0.3 is 4.74 Å². The Morgan fingerprint density at radius 3 is 2.65 bits per heavy atom. The van der Waals surface area contributed by atoms with E-state index in [-0.39, 0.29) is 0 Å². The summed E-state index contributed by atoms with van der Waals surface area (Å²) in [6.07, 6.45) is 2.61. The van der Waals surface area contributed by atoms with Gasteiger partial charge in [-0.25, -0.2) is 9.78 Å². The fourth-order valence-corrected chi connectivity index (χ4v) is 1.92. The fraction of sp³-hybridized carbons (Fsp3) is 0.357. The molecule has 0 aliphatic carbocycles. The summed E-state index contributed by atoms with van der Waals surface area (Å²) in [6.45, 7) is 7.27. The van der Waals surface area contributed by atoms with Crippen LogP contribution in [0.3, 0.4) is 0 Å². The van der Waals surface area contributed by atoms with Crippen LogP contribution in [0.5, 0.6) is 0 Å². The lowest BCUT2D eigenvalue weighted by atomic mass is 10.1. The van der Waals surface area contributed by atoms with E-state index in [0.29, 0.717) is 10.7 Å². The zero-order chi connectivity index (χ0) is 14.9. The first-order valence-electron chi connectivity index (χ1n) is 6.18. The van der Waals surface area contributed by atoms with Gasteiger partial charge in [-0.3, -0.25) is 0 Å². The van der Waals surface area contributed by atoms with Crippen LogP contribution in [-0.2, 0) is 4.74 Å². The number of ether oxygens (including phenoxy) is 1. The summed E-state index contributed by atoms with van der Waals surface area (Å²) in [5.74, 6) is 0. The van der Waals surface area contributed by atoms with Gasteiger partial charge in [0.2, 0.25) is 0 Å². The number of hydrogen-bond acceptors (Lipinski definition) is 4. The van der Waals surface area contributed by atoms with Crippen molar-refractivity contribution < 1.29 is 9.53 Å². The fourth-order valence-electron chi connectivity index (χ4n) is 1.61. The molecule has 0 atom stereocenters. The SMILES string of the molecule is Cc1ccc(-c2cnn(C(=O)OC(C)(C)C)c2)c(Cl)n1. The maximum atomic E-state index is 11.9. The zero-order valence-electron chi connectivity index (χ0n) is 11.8. The molecule has 0 aliphatic heterocycles. The smallest absolute Gasteiger partial charge is 0.435 e. The minimum atomic E-state index is -0.563. The Labute approximate surface area is 122 Å². The molecular formula is C14H16ClN3O2. The van der Waals surface area contributed by atoms with Crippen LogP contribution in [0.2, 0.25) is 5.15 Å². The molecule has 0 saturated carbocycles. The van der Waals surface area contributed by atoms with E-state index < -0.39 is 11.7 Å². The zero-order valence-corrected chi connectivity index (χ0v) is 12.6. The largest absolute Gasteiger partial charge is 0.442 e. The molecule has 6 heteroatoms. The molecular weight excluding hydrogens is 278 g/mol. The van der Waals surface area contributed by atoms with Gasteiger partial charge in [-0.05, 0) is 39.8 Å². The number of halogens is 1. The summed E-state index contributed by atoms with van der Waals surface area (Å²) in [5, 5.41) is 4.38. The molecule has 0 N–H and O–H groups in total. The molecule has 0 aromatic carbocycles. The van der Waals surface area contributed by atoms with E-state index >= 15 is 0 Å². The molecule has 0 saturated heterocycles. The van der Waals surface area contributed by atoms with Gasteiger partial charge >= 0.3 is 6.09 Å². The summed E-state index contributed by atoms with van der Waals surface area (Å²) in [7, 11) is 0. The Morgan fingerprint density at radius 2 is 2.05 bits per heavy atom. The molecule has 0 unspecified atom stereocenters. The van der Waals surface area contributed by atoms with E-state index in [4.69, 9.17) is 16.3 Å². The van der Waals surface area contributed by atoms with E-state index in [0.717, 1.165) is 15.9 Å². The van der Waals surface area contributed by atoms with E-state index in [1.165, 1.54) is 0 Å². The van der Waals surface area contributed by atoms with Crippen LogP contribution in [0.25, 0.3) is 11.1 Å². The molecule has 0 bridgehead atoms. The van der Waals surface area contributed by atoms with Crippen LogP contribution < -0.4 is 0 Å². The average molecular weight is 294 g/mol. The summed E-state index contributed by atoms with van der Waals surface area (Å²) >= 11 is 6.10. The van der Waals surface area contributed by atoms with E-state index in [9.17, 15) is 4.79 Å². The molecule has 20 heavy (non-hydrogen) atoms. The summed E-state index contributed by atoms with van der Waals surface area (Å²) in [5.41, 5.74) is 1.71. The second-order valence-corrected chi connectivity index (χ2v) is 5.80. The topological polar surface area (TPSA) is 57.0 Å². The Balaban J connectivity index is 2.27. The Hall–Kier alpha value is -1.88. The second-order valence-electron chi connectivity index (χ2n) is 5.44. The molecule has 0 fully saturated rings. The van der Waals surface area contributed by atoms with Crippen molar-refractivity contribution in [3.8, 4) is 11.1 Å². The van der Waals surface area contributed by atoms with Gasteiger partial charge in [0.1, 0.15) is 10.8 Å². The van der Waals surface area contributed by atoms with E-state index in [1.807, 2.05) is 19.1 Å². The predicted octanol–water partition coefficient (Wildman–Crippen LogP) is 3.69. The molecule has 2 aromatic heterocycles. The standard InChI is InChI=1S/C14H16ClN3O2/c1-9-5-6-11(12(15)17-9)10-7-16-18(8-10)13(19)20-14(2,3)4/h5-8H,1-4H3. The highest BCUT2D eigenvalue weighted by molar-refractivity contribution is 6.32. The van der Waals surface area contributed by atoms with Crippen molar-refractivity contribution in [2.45, 2.75) is 33.3 Å². The first kappa shape index (κ1) is 14.5. The number of rotatable bonds is 1. The molecule has 2 rings (SSSR count). The lowest BCUT2D eigenvalue weighted by Crippen LogP contribution is -2.27. The van der Waals surface area contributed by atoms with Crippen molar-refractivity contribution >= 4 is 17.7 Å². The number of aromatic nitrogens is 3. The maximum Gasteiger partial charge on any atom is 0.435 e. The Bertz CT molecular complexity index is 644. The lowest BCUT2D eigenvalue weighted by Gasteiger charge is -2.18. The van der Waals surface area contributed by atoms with Gasteiger partial charge in [-0.1, -0.05) is 11.6 Å². The molecule has 0 aliphatic rings. The third kappa shape index (κ3) is 3.36. The van der Waals surface area contributed by atoms with Crippen molar-refractivity contribution in [1.82, 2.24) is 14.8 Å². The van der Waals surface area contributed by atoms with Crippen LogP contribution in [0.1, 0.15) is 26.5 Å². The van der Waals surface area contributed by atoms with Gasteiger partial charge in [0.05, 0.1) is 6.20 Å². The number of carbonyl (C=O) groups excluding carboxylic acids is 1. The van der Waals surface area contributed by atoms with Gasteiger partial charge in [0.15, 0.2) is 0 Å². The quantitative estimate of drug-likeness (QED) is 0.752. The minimum absolute atomic E-state index is 0.383. The molecule has 2 heterocycles. The monoisotopic (exact) mass is 293 g/mol. The number of carbonyl (C=O) groups is 1. The second kappa shape index (κ2) is 5.25. The summed E-state index contributed by atoms with van der Waals surface area (Å²) in [4.78, 5) is 16.0. The van der Waals surface area contributed by atoms with Crippen molar-refractivity contribution in [3.63, 3.8) is 0 Å². The third-order valence-corrected chi connectivity index (χ3v) is 2.75. The van der Waals surface area contributed by atoms with Crippen LogP contribution in [0.15, 0.2) is 24.5 Å². The van der Waals surface area contributed by atoms with Crippen LogP contribution in [0, 0.1) is 6.92 Å². The first-order chi connectivity index (χ1) is 9.26. The van der Waals surface area contributed by atoms with Crippen LogP contribution in [0.4, 0.5) is 4.79 Å². The van der Waals surface area contributed by atoms with Crippen molar-refractivity contribution in [3.05, 3.63) is 35.4 Å². The Kier molecular flexibility index (Phi) is 3.81. The number of pyridine rings is 1. The minimum Gasteiger partial charge on any atom is -0.442 e. The molecule has 5 nitrogen and oxygen atoms in total. The Morgan fingerprint density at radius 1 is 1.35 bits per heavy atom. The molecule has 0 spiro atoms. The van der Waals surface area contributed by atoms with E-state index in [1.54, 1.807) is 33.2 Å². The van der Waals surface area contributed by atoms with Gasteiger partial charge in [-0.15, -0.1) is 0 Å². The number of hydrogen-bond donors (Lipinski definition) is 0.